The third-order valence-electron chi connectivity index (χ3n) is 6.26. The van der Waals surface area contributed by atoms with Gasteiger partial charge in [-0.1, -0.05) is 24.5 Å². The van der Waals surface area contributed by atoms with Gasteiger partial charge in [-0.15, -0.1) is 24.8 Å². The second-order valence-electron chi connectivity index (χ2n) is 8.86. The van der Waals surface area contributed by atoms with Crippen molar-refractivity contribution in [3.63, 3.8) is 0 Å². The van der Waals surface area contributed by atoms with E-state index in [2.05, 4.69) is 26.8 Å². The van der Waals surface area contributed by atoms with Crippen LogP contribution < -0.4 is 17.2 Å². The predicted octanol–water partition coefficient (Wildman–Crippen LogP) is 3.78. The second-order valence-corrected chi connectivity index (χ2v) is 8.86. The van der Waals surface area contributed by atoms with Gasteiger partial charge in [0.1, 0.15) is 17.2 Å². The van der Waals surface area contributed by atoms with Crippen molar-refractivity contribution in [2.24, 2.45) is 5.73 Å². The fourth-order valence-electron chi connectivity index (χ4n) is 4.43. The van der Waals surface area contributed by atoms with Crippen LogP contribution in [-0.2, 0) is 0 Å². The Morgan fingerprint density at radius 3 is 2.45 bits per heavy atom. The lowest BCUT2D eigenvalue weighted by atomic mass is 9.85. The van der Waals surface area contributed by atoms with Crippen molar-refractivity contribution in [3.8, 4) is 28.9 Å². The number of halogens is 3. The molecule has 0 radical (unpaired) electrons. The highest BCUT2D eigenvalue weighted by Crippen LogP contribution is 2.31. The molecule has 1 fully saturated rings. The van der Waals surface area contributed by atoms with Crippen LogP contribution >= 0.6 is 24.8 Å². The number of hydrogen-bond donors (Lipinski definition) is 4. The highest BCUT2D eigenvalue weighted by Gasteiger charge is 2.27. The van der Waals surface area contributed by atoms with Gasteiger partial charge in [0.25, 0.3) is 5.91 Å². The number of benzene rings is 2. The molecule has 2 aromatic carbocycles. The summed E-state index contributed by atoms with van der Waals surface area (Å²) in [5.74, 6) is 5.12. The van der Waals surface area contributed by atoms with E-state index in [1.165, 1.54) is 18.2 Å². The van der Waals surface area contributed by atoms with E-state index in [4.69, 9.17) is 17.2 Å². The number of amides is 1. The number of carbonyl (C=O) groups is 1. The summed E-state index contributed by atoms with van der Waals surface area (Å²) in [6.45, 7) is 0. The highest BCUT2D eigenvalue weighted by molar-refractivity contribution is 5.99. The van der Waals surface area contributed by atoms with Crippen LogP contribution in [0.1, 0.15) is 48.3 Å². The van der Waals surface area contributed by atoms with Gasteiger partial charge in [-0.25, -0.2) is 19.3 Å². The van der Waals surface area contributed by atoms with Crippen LogP contribution in [0.4, 0.5) is 15.9 Å². The molecule has 9 nitrogen and oxygen atoms in total. The fourth-order valence-corrected chi connectivity index (χ4v) is 4.43. The van der Waals surface area contributed by atoms with Crippen LogP contribution in [0.25, 0.3) is 28.2 Å². The molecule has 2 aromatic heterocycles. The van der Waals surface area contributed by atoms with Gasteiger partial charge in [0.05, 0.1) is 11.3 Å². The van der Waals surface area contributed by atoms with Crippen molar-refractivity contribution in [1.82, 2.24) is 19.5 Å². The average Bonchev–Trinajstić information content (AvgIpc) is 3.24. The summed E-state index contributed by atoms with van der Waals surface area (Å²) in [6, 6.07) is 10.6. The lowest BCUT2D eigenvalue weighted by Crippen LogP contribution is -2.29. The van der Waals surface area contributed by atoms with E-state index in [9.17, 15) is 14.3 Å². The molecule has 1 aliphatic rings. The Morgan fingerprint density at radius 1 is 1.03 bits per heavy atom. The maximum atomic E-state index is 14.1. The van der Waals surface area contributed by atoms with Crippen molar-refractivity contribution in [3.05, 3.63) is 59.7 Å². The molecule has 0 spiro atoms. The van der Waals surface area contributed by atoms with Crippen LogP contribution in [0.15, 0.2) is 42.5 Å². The van der Waals surface area contributed by atoms with E-state index in [1.54, 1.807) is 28.8 Å². The maximum Gasteiger partial charge on any atom is 0.250 e. The smallest absolute Gasteiger partial charge is 0.250 e. The molecule has 198 valence electrons. The third-order valence-corrected chi connectivity index (χ3v) is 6.26. The van der Waals surface area contributed by atoms with Gasteiger partial charge in [0.2, 0.25) is 5.82 Å². The molecule has 1 saturated carbocycles. The minimum Gasteiger partial charge on any atom is -0.398 e. The maximum absolute atomic E-state index is 14.1. The second kappa shape index (κ2) is 11.2. The zero-order valence-corrected chi connectivity index (χ0v) is 21.8. The van der Waals surface area contributed by atoms with Gasteiger partial charge in [-0.2, -0.15) is 0 Å². The molecule has 5 rings (SSSR count). The van der Waals surface area contributed by atoms with E-state index in [-0.39, 0.29) is 53.2 Å². The number of carbonyl (C=O) groups excluding carboxylic acids is 1. The lowest BCUT2D eigenvalue weighted by Gasteiger charge is -2.26. The summed E-state index contributed by atoms with van der Waals surface area (Å²) < 4.78 is 15.7. The Bertz CT molecular complexity index is 1570. The highest BCUT2D eigenvalue weighted by atomic mass is 35.5. The summed E-state index contributed by atoms with van der Waals surface area (Å²) in [4.78, 5) is 25.4. The summed E-state index contributed by atoms with van der Waals surface area (Å²) in [7, 11) is 0. The molecule has 0 bridgehead atoms. The first-order chi connectivity index (χ1) is 17.2. The molecule has 0 aliphatic heterocycles. The van der Waals surface area contributed by atoms with Gasteiger partial charge < -0.3 is 22.3 Å². The summed E-state index contributed by atoms with van der Waals surface area (Å²) in [5.41, 5.74) is 18.4. The summed E-state index contributed by atoms with van der Waals surface area (Å²) >= 11 is 0. The number of aromatic nitrogens is 4. The number of nitrogens with zero attached hydrogens (tertiary/aromatic N) is 4. The number of nitrogen functional groups attached to an aromatic ring is 2. The Hall–Kier alpha value is -3.91. The van der Waals surface area contributed by atoms with E-state index in [0.717, 1.165) is 19.3 Å². The van der Waals surface area contributed by atoms with Gasteiger partial charge >= 0.3 is 0 Å². The van der Waals surface area contributed by atoms with Crippen molar-refractivity contribution >= 4 is 53.4 Å². The molecular weight excluding hydrogens is 532 g/mol. The standard InChI is InChI=1S/C26H24FN7O2.2ClH/c27-16-6-4-5-15(13-16)24-33-21-22(29)31-20(9-12-26(36)10-2-1-3-11-26)32-25(21)34(24)17-7-8-19(28)18(14-17)23(30)35;;/h4-8,13-14,36H,1-3,10-11,28H2,(H2,30,35)(H2,29,31,32);2*1H. The van der Waals surface area contributed by atoms with Crippen LogP contribution in [0, 0.1) is 17.7 Å². The van der Waals surface area contributed by atoms with Crippen LogP contribution in [0.2, 0.25) is 0 Å². The molecule has 12 heteroatoms. The number of hydrogen-bond acceptors (Lipinski definition) is 7. The first kappa shape index (κ1) is 28.7. The minimum atomic E-state index is -1.09. The van der Waals surface area contributed by atoms with E-state index in [0.29, 0.717) is 35.6 Å². The minimum absolute atomic E-state index is 0. The molecular formula is C26H26Cl2FN7O2. The third kappa shape index (κ3) is 5.50. The number of fused-ring (bicyclic) bond motifs is 1. The van der Waals surface area contributed by atoms with Crippen molar-refractivity contribution in [2.45, 2.75) is 37.7 Å². The van der Waals surface area contributed by atoms with Crippen molar-refractivity contribution < 1.29 is 14.3 Å². The first-order valence-corrected chi connectivity index (χ1v) is 11.5. The van der Waals surface area contributed by atoms with E-state index in [1.807, 2.05) is 0 Å². The fraction of sp³-hybridized carbons (Fsp3) is 0.231. The molecule has 0 saturated heterocycles. The Kier molecular flexibility index (Phi) is 8.47. The molecule has 0 atom stereocenters. The number of primary amides is 1. The van der Waals surface area contributed by atoms with Crippen molar-refractivity contribution in [1.29, 1.82) is 0 Å². The van der Waals surface area contributed by atoms with Crippen LogP contribution in [-0.4, -0.2) is 36.1 Å². The SMILES string of the molecule is Cl.Cl.NC(=O)c1cc(-n2c(-c3cccc(F)c3)nc3c(N)nc(C#CC4(O)CCCCC4)nc32)ccc1N. The Morgan fingerprint density at radius 2 is 1.76 bits per heavy atom. The largest absolute Gasteiger partial charge is 0.398 e. The number of imidazole rings is 1. The first-order valence-electron chi connectivity index (χ1n) is 11.5. The molecule has 0 unspecified atom stereocenters. The lowest BCUT2D eigenvalue weighted by molar-refractivity contribution is 0.0610. The quantitative estimate of drug-likeness (QED) is 0.220. The van der Waals surface area contributed by atoms with Crippen LogP contribution in [0.3, 0.4) is 0 Å². The topological polar surface area (TPSA) is 159 Å². The zero-order valence-electron chi connectivity index (χ0n) is 20.1. The Balaban J connectivity index is 0.00000200. The molecule has 7 N–H and O–H groups in total. The van der Waals surface area contributed by atoms with Gasteiger partial charge in [0.15, 0.2) is 17.0 Å². The van der Waals surface area contributed by atoms with Gasteiger partial charge in [0, 0.05) is 11.3 Å². The molecule has 1 aliphatic carbocycles. The number of anilines is 2. The molecule has 4 aromatic rings. The van der Waals surface area contributed by atoms with Crippen LogP contribution in [0.5, 0.6) is 0 Å². The summed E-state index contributed by atoms with van der Waals surface area (Å²) in [5, 5.41) is 10.8. The van der Waals surface area contributed by atoms with Gasteiger partial charge in [-0.05, 0) is 61.9 Å². The van der Waals surface area contributed by atoms with Crippen molar-refractivity contribution in [2.75, 3.05) is 11.5 Å². The summed E-state index contributed by atoms with van der Waals surface area (Å²) in [6.07, 6.45) is 4.03. The number of aliphatic hydroxyl groups is 1. The van der Waals surface area contributed by atoms with E-state index < -0.39 is 17.3 Å². The molecule has 1 amide bonds. The normalized spacial score (nSPS) is 14.1. The number of nitrogens with two attached hydrogens (primary N) is 3. The monoisotopic (exact) mass is 557 g/mol. The van der Waals surface area contributed by atoms with Gasteiger partial charge in [-0.3, -0.25) is 9.36 Å². The molecule has 2 heterocycles. The zero-order chi connectivity index (χ0) is 25.4. The Labute approximate surface area is 230 Å². The van der Waals surface area contributed by atoms with E-state index >= 15 is 0 Å². The number of rotatable bonds is 3. The molecule has 38 heavy (non-hydrogen) atoms. The average molecular weight is 558 g/mol. The predicted molar refractivity (Wildman–Crippen MR) is 149 cm³/mol.